The maximum Gasteiger partial charge on any atom is 0.253 e. The lowest BCUT2D eigenvalue weighted by molar-refractivity contribution is 0.0954. The van der Waals surface area contributed by atoms with E-state index in [4.69, 9.17) is 5.73 Å². The number of carbonyl (C=O) groups is 1. The van der Waals surface area contributed by atoms with Crippen LogP contribution in [0.3, 0.4) is 0 Å². The molecule has 0 radical (unpaired) electrons. The summed E-state index contributed by atoms with van der Waals surface area (Å²) in [5.41, 5.74) is 7.89. The highest BCUT2D eigenvalue weighted by atomic mass is 16.1. The molecule has 3 heteroatoms. The van der Waals surface area contributed by atoms with E-state index in [1.807, 2.05) is 19.1 Å². The lowest BCUT2D eigenvalue weighted by Gasteiger charge is -2.07. The molecule has 82 valence electrons. The van der Waals surface area contributed by atoms with Crippen LogP contribution in [-0.4, -0.2) is 12.5 Å². The van der Waals surface area contributed by atoms with Gasteiger partial charge in [-0.1, -0.05) is 25.0 Å². The van der Waals surface area contributed by atoms with E-state index in [0.717, 1.165) is 18.4 Å². The zero-order valence-corrected chi connectivity index (χ0v) is 9.34. The Kier molecular flexibility index (Phi) is 4.16. The fourth-order valence-electron chi connectivity index (χ4n) is 1.34. The van der Waals surface area contributed by atoms with Crippen LogP contribution in [0.2, 0.25) is 0 Å². The topological polar surface area (TPSA) is 55.1 Å². The van der Waals surface area contributed by atoms with Gasteiger partial charge in [-0.2, -0.15) is 0 Å². The van der Waals surface area contributed by atoms with Crippen LogP contribution in [0.15, 0.2) is 18.2 Å². The summed E-state index contributed by atoms with van der Waals surface area (Å²) in [5, 5.41) is 2.85. The first-order chi connectivity index (χ1) is 7.15. The first kappa shape index (κ1) is 11.6. The fraction of sp³-hybridized carbons (Fsp3) is 0.417. The lowest BCUT2D eigenvalue weighted by atomic mass is 10.1. The minimum atomic E-state index is -0.0790. The van der Waals surface area contributed by atoms with Crippen molar-refractivity contribution < 1.29 is 4.79 Å². The molecule has 3 N–H and O–H groups in total. The van der Waals surface area contributed by atoms with Crippen LogP contribution in [0, 0.1) is 6.92 Å². The van der Waals surface area contributed by atoms with Crippen molar-refractivity contribution in [2.45, 2.75) is 26.7 Å². The van der Waals surface area contributed by atoms with Gasteiger partial charge in [-0.25, -0.2) is 0 Å². The van der Waals surface area contributed by atoms with E-state index in [0.29, 0.717) is 17.8 Å². The van der Waals surface area contributed by atoms with Crippen LogP contribution in [0.5, 0.6) is 0 Å². The van der Waals surface area contributed by atoms with Gasteiger partial charge in [0.1, 0.15) is 0 Å². The molecule has 0 aliphatic rings. The Bertz CT molecular complexity index is 347. The SMILES string of the molecule is CCCCNC(=O)c1cc(C)ccc1N. The van der Waals surface area contributed by atoms with Gasteiger partial charge in [0.25, 0.3) is 5.91 Å². The molecule has 0 atom stereocenters. The molecule has 15 heavy (non-hydrogen) atoms. The average Bonchev–Trinajstić information content (AvgIpc) is 2.22. The van der Waals surface area contributed by atoms with Gasteiger partial charge in [-0.15, -0.1) is 0 Å². The van der Waals surface area contributed by atoms with Crippen molar-refractivity contribution in [2.75, 3.05) is 12.3 Å². The Labute approximate surface area is 90.7 Å². The van der Waals surface area contributed by atoms with Crippen molar-refractivity contribution in [2.24, 2.45) is 0 Å². The minimum absolute atomic E-state index is 0.0790. The van der Waals surface area contributed by atoms with Crippen molar-refractivity contribution in [3.63, 3.8) is 0 Å². The number of carbonyl (C=O) groups excluding carboxylic acids is 1. The standard InChI is InChI=1S/C12H18N2O/c1-3-4-7-14-12(15)10-8-9(2)5-6-11(10)13/h5-6,8H,3-4,7,13H2,1-2H3,(H,14,15). The third kappa shape index (κ3) is 3.27. The second-order valence-corrected chi connectivity index (χ2v) is 3.70. The molecule has 0 unspecified atom stereocenters. The van der Waals surface area contributed by atoms with E-state index in [-0.39, 0.29) is 5.91 Å². The van der Waals surface area contributed by atoms with Crippen LogP contribution < -0.4 is 11.1 Å². The van der Waals surface area contributed by atoms with Crippen LogP contribution >= 0.6 is 0 Å². The highest BCUT2D eigenvalue weighted by molar-refractivity contribution is 5.99. The van der Waals surface area contributed by atoms with Crippen LogP contribution in [0.25, 0.3) is 0 Å². The largest absolute Gasteiger partial charge is 0.398 e. The molecule has 0 spiro atoms. The molecule has 1 amide bonds. The molecule has 0 bridgehead atoms. The van der Waals surface area contributed by atoms with Crippen molar-refractivity contribution in [3.8, 4) is 0 Å². The first-order valence-electron chi connectivity index (χ1n) is 5.29. The number of anilines is 1. The zero-order chi connectivity index (χ0) is 11.3. The normalized spacial score (nSPS) is 10.0. The number of hydrogen-bond acceptors (Lipinski definition) is 2. The summed E-state index contributed by atoms with van der Waals surface area (Å²) in [6.45, 7) is 4.75. The molecule has 1 aromatic rings. The number of rotatable bonds is 4. The quantitative estimate of drug-likeness (QED) is 0.585. The monoisotopic (exact) mass is 206 g/mol. The Morgan fingerprint density at radius 2 is 2.20 bits per heavy atom. The molecule has 0 aromatic heterocycles. The van der Waals surface area contributed by atoms with Gasteiger partial charge in [-0.05, 0) is 25.5 Å². The van der Waals surface area contributed by atoms with Crippen LogP contribution in [0.4, 0.5) is 5.69 Å². The van der Waals surface area contributed by atoms with Crippen molar-refractivity contribution in [1.82, 2.24) is 5.32 Å². The van der Waals surface area contributed by atoms with E-state index in [2.05, 4.69) is 12.2 Å². The van der Waals surface area contributed by atoms with E-state index in [9.17, 15) is 4.79 Å². The van der Waals surface area contributed by atoms with Crippen molar-refractivity contribution in [3.05, 3.63) is 29.3 Å². The van der Waals surface area contributed by atoms with Gasteiger partial charge in [0.2, 0.25) is 0 Å². The van der Waals surface area contributed by atoms with E-state index in [1.54, 1.807) is 6.07 Å². The molecular weight excluding hydrogens is 188 g/mol. The molecule has 1 rings (SSSR count). The van der Waals surface area contributed by atoms with Crippen molar-refractivity contribution in [1.29, 1.82) is 0 Å². The Balaban J connectivity index is 2.68. The second-order valence-electron chi connectivity index (χ2n) is 3.70. The predicted molar refractivity (Wildman–Crippen MR) is 62.8 cm³/mol. The highest BCUT2D eigenvalue weighted by Gasteiger charge is 2.08. The third-order valence-corrected chi connectivity index (χ3v) is 2.27. The third-order valence-electron chi connectivity index (χ3n) is 2.27. The Hall–Kier alpha value is -1.51. The maximum atomic E-state index is 11.7. The van der Waals surface area contributed by atoms with E-state index >= 15 is 0 Å². The van der Waals surface area contributed by atoms with Gasteiger partial charge in [0.05, 0.1) is 5.56 Å². The highest BCUT2D eigenvalue weighted by Crippen LogP contribution is 2.13. The Morgan fingerprint density at radius 1 is 1.47 bits per heavy atom. The number of nitrogens with one attached hydrogen (secondary N) is 1. The molecule has 0 saturated heterocycles. The van der Waals surface area contributed by atoms with Gasteiger partial charge in [-0.3, -0.25) is 4.79 Å². The number of aryl methyl sites for hydroxylation is 1. The maximum absolute atomic E-state index is 11.7. The second kappa shape index (κ2) is 5.39. The zero-order valence-electron chi connectivity index (χ0n) is 9.34. The molecule has 0 saturated carbocycles. The van der Waals surface area contributed by atoms with Gasteiger partial charge in [0.15, 0.2) is 0 Å². The molecule has 3 nitrogen and oxygen atoms in total. The summed E-state index contributed by atoms with van der Waals surface area (Å²) in [7, 11) is 0. The number of unbranched alkanes of at least 4 members (excludes halogenated alkanes) is 1. The molecule has 0 heterocycles. The van der Waals surface area contributed by atoms with Crippen LogP contribution in [-0.2, 0) is 0 Å². The summed E-state index contributed by atoms with van der Waals surface area (Å²) in [5.74, 6) is -0.0790. The van der Waals surface area contributed by atoms with E-state index in [1.165, 1.54) is 0 Å². The average molecular weight is 206 g/mol. The summed E-state index contributed by atoms with van der Waals surface area (Å²) < 4.78 is 0. The molecule has 0 fully saturated rings. The smallest absolute Gasteiger partial charge is 0.253 e. The number of nitrogen functional groups attached to an aromatic ring is 1. The molecule has 1 aromatic carbocycles. The predicted octanol–water partition coefficient (Wildman–Crippen LogP) is 2.11. The summed E-state index contributed by atoms with van der Waals surface area (Å²) in [4.78, 5) is 11.7. The summed E-state index contributed by atoms with van der Waals surface area (Å²) >= 11 is 0. The fourth-order valence-corrected chi connectivity index (χ4v) is 1.34. The van der Waals surface area contributed by atoms with Gasteiger partial charge < -0.3 is 11.1 Å². The number of nitrogens with two attached hydrogens (primary N) is 1. The molecular formula is C12H18N2O. The minimum Gasteiger partial charge on any atom is -0.398 e. The van der Waals surface area contributed by atoms with E-state index < -0.39 is 0 Å². The summed E-state index contributed by atoms with van der Waals surface area (Å²) in [6, 6.07) is 5.48. The number of benzene rings is 1. The number of hydrogen-bond donors (Lipinski definition) is 2. The molecule has 0 aliphatic carbocycles. The molecule has 0 aliphatic heterocycles. The van der Waals surface area contributed by atoms with Gasteiger partial charge >= 0.3 is 0 Å². The first-order valence-corrected chi connectivity index (χ1v) is 5.29. The summed E-state index contributed by atoms with van der Waals surface area (Å²) in [6.07, 6.45) is 2.07. The van der Waals surface area contributed by atoms with Crippen molar-refractivity contribution >= 4 is 11.6 Å². The lowest BCUT2D eigenvalue weighted by Crippen LogP contribution is -2.25. The van der Waals surface area contributed by atoms with Gasteiger partial charge in [0, 0.05) is 12.2 Å². The number of amides is 1. The van der Waals surface area contributed by atoms with Crippen LogP contribution in [0.1, 0.15) is 35.7 Å². The Morgan fingerprint density at radius 3 is 2.87 bits per heavy atom.